The molecule has 4 aromatic heterocycles. The molecular formula is C34H33N7O2. The van der Waals surface area contributed by atoms with Crippen molar-refractivity contribution >= 4 is 17.0 Å². The minimum Gasteiger partial charge on any atom is -0.392 e. The number of para-hydroxylation sites is 1. The van der Waals surface area contributed by atoms with Crippen LogP contribution in [0.1, 0.15) is 23.2 Å². The third kappa shape index (κ3) is 5.52. The van der Waals surface area contributed by atoms with Gasteiger partial charge in [-0.3, -0.25) is 4.90 Å². The van der Waals surface area contributed by atoms with Gasteiger partial charge in [0.15, 0.2) is 0 Å². The molecule has 0 spiro atoms. The fourth-order valence-corrected chi connectivity index (χ4v) is 5.97. The van der Waals surface area contributed by atoms with E-state index in [0.717, 1.165) is 63.6 Å². The minimum absolute atomic E-state index is 0.0183. The van der Waals surface area contributed by atoms with Crippen LogP contribution in [0.3, 0.4) is 0 Å². The zero-order chi connectivity index (χ0) is 29.3. The van der Waals surface area contributed by atoms with Crippen LogP contribution < -0.4 is 5.32 Å². The molecule has 5 heterocycles. The number of aliphatic hydroxyl groups excluding tert-OH is 1. The Labute approximate surface area is 249 Å². The number of fused-ring (bicyclic) bond motifs is 1. The highest BCUT2D eigenvalue weighted by atomic mass is 16.5. The number of aryl methyl sites for hydroxylation is 2. The second kappa shape index (κ2) is 11.4. The number of β-amino-alcohol motifs (C(OH)–C–C–N with tert-alkyl or cyclic N) is 1. The number of nitrogens with zero attached hydrogens (tertiary/aromatic N) is 6. The van der Waals surface area contributed by atoms with Crippen molar-refractivity contribution in [1.82, 2.24) is 29.6 Å². The van der Waals surface area contributed by atoms with Crippen molar-refractivity contribution in [1.29, 1.82) is 0 Å². The van der Waals surface area contributed by atoms with Crippen LogP contribution in [0.5, 0.6) is 0 Å². The number of hydrogen-bond acceptors (Lipinski definition) is 8. The number of nitrogens with one attached hydrogen (secondary N) is 1. The van der Waals surface area contributed by atoms with E-state index in [9.17, 15) is 5.11 Å². The summed E-state index contributed by atoms with van der Waals surface area (Å²) in [6, 6.07) is 24.7. The van der Waals surface area contributed by atoms with Gasteiger partial charge in [-0.1, -0.05) is 53.7 Å². The molecule has 0 aliphatic carbocycles. The summed E-state index contributed by atoms with van der Waals surface area (Å²) in [6.45, 7) is 6.17. The lowest BCUT2D eigenvalue weighted by Crippen LogP contribution is -2.48. The molecule has 0 unspecified atom stereocenters. The van der Waals surface area contributed by atoms with Gasteiger partial charge in [0.05, 0.1) is 28.7 Å². The lowest BCUT2D eigenvalue weighted by molar-refractivity contribution is 0.0602. The number of aliphatic hydroxyl groups is 1. The highest BCUT2D eigenvalue weighted by molar-refractivity contribution is 5.96. The Kier molecular flexibility index (Phi) is 7.18. The Morgan fingerprint density at radius 3 is 2.49 bits per heavy atom. The summed E-state index contributed by atoms with van der Waals surface area (Å²) in [7, 11) is 0. The standard InChI is InChI=1S/C34H33N7O2/c1-22-16-35-34(36-25-15-27(42)19-40(18-25)17-24-9-5-3-6-10-24)38-32(22)29-20-41(26-11-7-4-8-12-26)33-28(29)13-14-31(37-33)30-21-43-39-23(30)2/h3-14,16,20-21,25,27,42H,15,17-19H2,1-2H3,(H,35,36,38)/t25-,27+/m0/s1. The molecule has 2 N–H and O–H groups in total. The number of aromatic nitrogens is 5. The predicted molar refractivity (Wildman–Crippen MR) is 167 cm³/mol. The first-order valence-corrected chi connectivity index (χ1v) is 14.6. The maximum atomic E-state index is 10.7. The Hall–Kier alpha value is -4.86. The lowest BCUT2D eigenvalue weighted by Gasteiger charge is -2.36. The van der Waals surface area contributed by atoms with E-state index in [1.54, 1.807) is 6.26 Å². The highest BCUT2D eigenvalue weighted by Gasteiger charge is 2.27. The SMILES string of the molecule is Cc1cnc(N[C@H]2C[C@@H](O)CN(Cc3ccccc3)C2)nc1-c1cn(-c2ccccc2)c2nc(-c3conc3C)ccc12. The van der Waals surface area contributed by atoms with Gasteiger partial charge in [-0.15, -0.1) is 0 Å². The predicted octanol–water partition coefficient (Wildman–Crippen LogP) is 5.80. The topological polar surface area (TPSA) is 105 Å². The summed E-state index contributed by atoms with van der Waals surface area (Å²) in [5.74, 6) is 0.546. The van der Waals surface area contributed by atoms with Gasteiger partial charge in [0.1, 0.15) is 11.9 Å². The van der Waals surface area contributed by atoms with Gasteiger partial charge in [-0.05, 0) is 55.7 Å². The molecule has 0 radical (unpaired) electrons. The summed E-state index contributed by atoms with van der Waals surface area (Å²) in [5, 5.41) is 19.2. The zero-order valence-corrected chi connectivity index (χ0v) is 24.2. The van der Waals surface area contributed by atoms with Crippen LogP contribution in [0.15, 0.2) is 96.0 Å². The molecule has 2 atom stereocenters. The van der Waals surface area contributed by atoms with Crippen molar-refractivity contribution in [3.8, 4) is 28.2 Å². The molecule has 6 aromatic rings. The molecule has 1 aliphatic heterocycles. The normalized spacial score (nSPS) is 17.4. The minimum atomic E-state index is -0.418. The maximum absolute atomic E-state index is 10.7. The monoisotopic (exact) mass is 571 g/mol. The van der Waals surface area contributed by atoms with E-state index in [2.05, 4.69) is 61.5 Å². The molecule has 9 heteroatoms. The second-order valence-electron chi connectivity index (χ2n) is 11.3. The van der Waals surface area contributed by atoms with Crippen LogP contribution in [-0.4, -0.2) is 59.9 Å². The molecule has 1 aliphatic rings. The molecule has 1 fully saturated rings. The molecule has 7 rings (SSSR count). The lowest BCUT2D eigenvalue weighted by atomic mass is 10.0. The van der Waals surface area contributed by atoms with Crippen molar-refractivity contribution < 1.29 is 9.63 Å². The van der Waals surface area contributed by atoms with E-state index in [0.29, 0.717) is 18.9 Å². The third-order valence-corrected chi connectivity index (χ3v) is 8.03. The Balaban J connectivity index is 1.23. The van der Waals surface area contributed by atoms with E-state index in [4.69, 9.17) is 14.5 Å². The van der Waals surface area contributed by atoms with Gasteiger partial charge in [0, 0.05) is 54.7 Å². The summed E-state index contributed by atoms with van der Waals surface area (Å²) >= 11 is 0. The van der Waals surface area contributed by atoms with E-state index in [-0.39, 0.29) is 6.04 Å². The summed E-state index contributed by atoms with van der Waals surface area (Å²) in [6.07, 6.45) is 5.82. The Bertz CT molecular complexity index is 1870. The zero-order valence-electron chi connectivity index (χ0n) is 24.2. The van der Waals surface area contributed by atoms with Gasteiger partial charge < -0.3 is 19.5 Å². The number of pyridine rings is 1. The fraction of sp³-hybridized carbons (Fsp3) is 0.235. The molecule has 0 amide bonds. The van der Waals surface area contributed by atoms with Crippen LogP contribution in [0.4, 0.5) is 5.95 Å². The fourth-order valence-electron chi connectivity index (χ4n) is 5.97. The van der Waals surface area contributed by atoms with E-state index in [1.807, 2.05) is 62.5 Å². The summed E-state index contributed by atoms with van der Waals surface area (Å²) in [5.41, 5.74) is 8.28. The largest absolute Gasteiger partial charge is 0.392 e. The number of rotatable bonds is 7. The van der Waals surface area contributed by atoms with Crippen LogP contribution in [-0.2, 0) is 6.54 Å². The smallest absolute Gasteiger partial charge is 0.223 e. The van der Waals surface area contributed by atoms with Crippen LogP contribution >= 0.6 is 0 Å². The van der Waals surface area contributed by atoms with Crippen LogP contribution in [0.25, 0.3) is 39.2 Å². The van der Waals surface area contributed by atoms with Gasteiger partial charge in [0.25, 0.3) is 0 Å². The molecule has 216 valence electrons. The molecule has 9 nitrogen and oxygen atoms in total. The average molecular weight is 572 g/mol. The van der Waals surface area contributed by atoms with Crippen LogP contribution in [0, 0.1) is 13.8 Å². The van der Waals surface area contributed by atoms with Crippen molar-refractivity contribution in [2.24, 2.45) is 0 Å². The Morgan fingerprint density at radius 2 is 1.72 bits per heavy atom. The molecule has 1 saturated heterocycles. The summed E-state index contributed by atoms with van der Waals surface area (Å²) in [4.78, 5) is 17.0. The molecule has 0 saturated carbocycles. The van der Waals surface area contributed by atoms with Crippen molar-refractivity contribution in [3.63, 3.8) is 0 Å². The maximum Gasteiger partial charge on any atom is 0.223 e. The number of benzene rings is 2. The van der Waals surface area contributed by atoms with Gasteiger partial charge >= 0.3 is 0 Å². The average Bonchev–Trinajstić information content (AvgIpc) is 3.62. The number of hydrogen-bond donors (Lipinski definition) is 2. The summed E-state index contributed by atoms with van der Waals surface area (Å²) < 4.78 is 7.30. The first-order valence-electron chi connectivity index (χ1n) is 14.6. The van der Waals surface area contributed by atoms with Gasteiger partial charge in [-0.25, -0.2) is 15.0 Å². The third-order valence-electron chi connectivity index (χ3n) is 8.03. The number of piperidine rings is 1. The van der Waals surface area contributed by atoms with E-state index < -0.39 is 6.10 Å². The van der Waals surface area contributed by atoms with E-state index >= 15 is 0 Å². The molecule has 43 heavy (non-hydrogen) atoms. The number of likely N-dealkylation sites (tertiary alicyclic amines) is 1. The molecule has 0 bridgehead atoms. The van der Waals surface area contributed by atoms with Crippen molar-refractivity contribution in [2.45, 2.75) is 39.0 Å². The Morgan fingerprint density at radius 1 is 0.930 bits per heavy atom. The number of anilines is 1. The highest BCUT2D eigenvalue weighted by Crippen LogP contribution is 2.35. The van der Waals surface area contributed by atoms with Crippen molar-refractivity contribution in [2.75, 3.05) is 18.4 Å². The van der Waals surface area contributed by atoms with Crippen molar-refractivity contribution in [3.05, 3.63) is 108 Å². The van der Waals surface area contributed by atoms with Gasteiger partial charge in [-0.2, -0.15) is 0 Å². The van der Waals surface area contributed by atoms with Gasteiger partial charge in [0.2, 0.25) is 5.95 Å². The first-order chi connectivity index (χ1) is 21.0. The molecule has 2 aromatic carbocycles. The van der Waals surface area contributed by atoms with Crippen LogP contribution in [0.2, 0.25) is 0 Å². The van der Waals surface area contributed by atoms with E-state index in [1.165, 1.54) is 5.56 Å². The first kappa shape index (κ1) is 27.0. The second-order valence-corrected chi connectivity index (χ2v) is 11.3. The quantitative estimate of drug-likeness (QED) is 0.248. The molecular weight excluding hydrogens is 538 g/mol.